The Labute approximate surface area is 422 Å². The lowest BCUT2D eigenvalue weighted by Gasteiger charge is -2.35. The molecule has 8 aromatic rings. The van der Waals surface area contributed by atoms with Gasteiger partial charge in [0.15, 0.2) is 23.1 Å². The van der Waals surface area contributed by atoms with Gasteiger partial charge in [0.25, 0.3) is 0 Å². The Kier molecular flexibility index (Phi) is 15.0. The van der Waals surface area contributed by atoms with Crippen molar-refractivity contribution in [1.82, 2.24) is 40.1 Å². The molecule has 3 fully saturated rings. The van der Waals surface area contributed by atoms with Crippen LogP contribution in [0.3, 0.4) is 0 Å². The summed E-state index contributed by atoms with van der Waals surface area (Å²) >= 11 is 5.74. The molecule has 366 valence electrons. The van der Waals surface area contributed by atoms with Crippen LogP contribution in [0.25, 0.3) is 22.1 Å². The largest absolute Gasteiger partial charge is 0.381 e. The monoisotopic (exact) mass is 982 g/mol. The summed E-state index contributed by atoms with van der Waals surface area (Å²) in [6.45, 7) is 11.0. The number of hydrogen-bond donors (Lipinski definition) is 3. The van der Waals surface area contributed by atoms with Crippen LogP contribution in [0.5, 0.6) is 0 Å². The Morgan fingerprint density at radius 1 is 0.500 bits per heavy atom. The average molecular weight is 984 g/mol. The number of nitrogens with one attached hydrogen (secondary N) is 3. The van der Waals surface area contributed by atoms with Gasteiger partial charge in [-0.05, 0) is 61.4 Å². The van der Waals surface area contributed by atoms with E-state index >= 15 is 0 Å². The maximum atomic E-state index is 13.2. The van der Waals surface area contributed by atoms with Gasteiger partial charge in [0.1, 0.15) is 34.3 Å². The van der Waals surface area contributed by atoms with Gasteiger partial charge in [0, 0.05) is 137 Å². The topological polar surface area (TPSA) is 182 Å². The van der Waals surface area contributed by atoms with Gasteiger partial charge in [0.2, 0.25) is 0 Å². The van der Waals surface area contributed by atoms with Crippen LogP contribution in [0.1, 0.15) is 88.2 Å². The number of anilines is 2. The van der Waals surface area contributed by atoms with Crippen molar-refractivity contribution < 1.29 is 23.9 Å². The van der Waals surface area contributed by atoms with Crippen LogP contribution in [0, 0.1) is 0 Å². The highest BCUT2D eigenvalue weighted by molar-refractivity contribution is 6.32. The van der Waals surface area contributed by atoms with Crippen LogP contribution >= 0.6 is 11.6 Å². The number of piperazine rings is 2. The van der Waals surface area contributed by atoms with Crippen molar-refractivity contribution in [2.75, 3.05) is 87.8 Å². The summed E-state index contributed by atoms with van der Waals surface area (Å²) in [4.78, 5) is 83.1. The second-order valence-corrected chi connectivity index (χ2v) is 18.4. The molecule has 0 atom stereocenters. The Morgan fingerprint density at radius 3 is 1.40 bits per heavy atom. The van der Waals surface area contributed by atoms with E-state index in [0.717, 1.165) is 113 Å². The number of rotatable bonds is 7. The van der Waals surface area contributed by atoms with Crippen molar-refractivity contribution >= 4 is 68.4 Å². The number of hydrogen-bond acceptors (Lipinski definition) is 13. The van der Waals surface area contributed by atoms with Crippen LogP contribution in [-0.2, 0) is 17.6 Å². The van der Waals surface area contributed by atoms with Gasteiger partial charge in [-0.1, -0.05) is 60.7 Å². The number of fused-ring (bicyclic) bond motifs is 8. The van der Waals surface area contributed by atoms with Gasteiger partial charge in [-0.2, -0.15) is 0 Å². The molecule has 0 saturated carbocycles. The van der Waals surface area contributed by atoms with Gasteiger partial charge in [0.05, 0.1) is 22.2 Å². The minimum atomic E-state index is -0.153. The van der Waals surface area contributed by atoms with Crippen LogP contribution in [0.2, 0.25) is 0 Å². The molecule has 5 aliphatic rings. The number of aromatic nitrogens is 6. The number of carbonyl (C=O) groups excluding carboxylic acids is 4. The minimum Gasteiger partial charge on any atom is -0.381 e. The van der Waals surface area contributed by atoms with Gasteiger partial charge >= 0.3 is 0 Å². The molecule has 16 heteroatoms. The molecule has 0 bridgehead atoms. The lowest BCUT2D eigenvalue weighted by Crippen LogP contribution is -2.47. The molecule has 0 unspecified atom stereocenters. The molecule has 4 aromatic heterocycles. The minimum absolute atomic E-state index is 0.113. The van der Waals surface area contributed by atoms with E-state index in [1.165, 1.54) is 12.8 Å². The molecule has 7 heterocycles. The number of halogens is 1. The van der Waals surface area contributed by atoms with Crippen molar-refractivity contribution in [3.8, 4) is 0 Å². The van der Waals surface area contributed by atoms with Crippen LogP contribution in [0.4, 0.5) is 11.6 Å². The lowest BCUT2D eigenvalue weighted by atomic mass is 9.83. The van der Waals surface area contributed by atoms with E-state index in [2.05, 4.69) is 57.1 Å². The third-order valence-corrected chi connectivity index (χ3v) is 13.6. The smallest absolute Gasteiger partial charge is 0.196 e. The fourth-order valence-electron chi connectivity index (χ4n) is 9.69. The molecular formula is C56H55ClN10O5. The number of aromatic amines is 2. The zero-order valence-electron chi connectivity index (χ0n) is 39.9. The van der Waals surface area contributed by atoms with Crippen molar-refractivity contribution in [3.63, 3.8) is 0 Å². The zero-order chi connectivity index (χ0) is 49.4. The van der Waals surface area contributed by atoms with Crippen molar-refractivity contribution in [1.29, 1.82) is 0 Å². The summed E-state index contributed by atoms with van der Waals surface area (Å²) in [5.41, 5.74) is 6.17. The first-order valence-corrected chi connectivity index (χ1v) is 25.2. The molecule has 13 rings (SSSR count). The van der Waals surface area contributed by atoms with Gasteiger partial charge in [-0.3, -0.25) is 24.1 Å². The Hall–Kier alpha value is -7.43. The standard InChI is InChI=1S/C26H23N5O2.C17H11ClN2O2.C9H13N3.C4H8O/c32-25-17-5-1-2-6-18(17)26(33)23-19(25)8-9-20-24(23)29-21(28-20)10-12-30-13-15-31(16-14-30)22-7-3-4-11-27-22;18-8-7-13-19-12-6-5-11-14(15(12)20-13)17(22)10-4-2-1-3-9(10)16(11)21;1-2-4-11-9(3-1)12-7-5-10-6-8-12;1-2-4-5-3-1/h1-9,11H,10,12-16H2,(H,28,29);1-6H,7-8H2,(H,19,20);1-4,10H,5-8H2;1-4H2. The number of aryl methyl sites for hydroxylation is 1. The van der Waals surface area contributed by atoms with E-state index in [0.29, 0.717) is 67.8 Å². The summed E-state index contributed by atoms with van der Waals surface area (Å²) < 4.78 is 4.94. The number of benzene rings is 4. The number of imidazole rings is 2. The first-order valence-electron chi connectivity index (χ1n) is 24.6. The van der Waals surface area contributed by atoms with E-state index < -0.39 is 0 Å². The van der Waals surface area contributed by atoms with Gasteiger partial charge < -0.3 is 29.8 Å². The fourth-order valence-corrected chi connectivity index (χ4v) is 9.86. The van der Waals surface area contributed by atoms with E-state index in [4.69, 9.17) is 21.3 Å². The number of carbonyl (C=O) groups is 4. The zero-order valence-corrected chi connectivity index (χ0v) is 40.7. The van der Waals surface area contributed by atoms with Gasteiger partial charge in [-0.25, -0.2) is 19.9 Å². The third-order valence-electron chi connectivity index (χ3n) is 13.4. The second-order valence-electron chi connectivity index (χ2n) is 18.0. The maximum Gasteiger partial charge on any atom is 0.196 e. The fraction of sp³-hybridized carbons (Fsp3) is 0.286. The molecule has 72 heavy (non-hydrogen) atoms. The summed E-state index contributed by atoms with van der Waals surface area (Å²) in [7, 11) is 0. The summed E-state index contributed by atoms with van der Waals surface area (Å²) in [6.07, 6.45) is 7.58. The van der Waals surface area contributed by atoms with E-state index in [1.807, 2.05) is 42.7 Å². The van der Waals surface area contributed by atoms with E-state index in [1.54, 1.807) is 66.7 Å². The summed E-state index contributed by atoms with van der Waals surface area (Å²) in [6, 6.07) is 33.0. The molecule has 2 aliphatic carbocycles. The Morgan fingerprint density at radius 2 is 0.958 bits per heavy atom. The van der Waals surface area contributed by atoms with Crippen LogP contribution < -0.4 is 15.1 Å². The molecular weight excluding hydrogens is 928 g/mol. The number of pyridine rings is 2. The number of alkyl halides is 1. The number of ketones is 4. The molecule has 3 N–H and O–H groups in total. The normalized spacial score (nSPS) is 16.1. The molecule has 0 radical (unpaired) electrons. The van der Waals surface area contributed by atoms with Crippen molar-refractivity contribution in [2.24, 2.45) is 0 Å². The summed E-state index contributed by atoms with van der Waals surface area (Å²) in [5, 5.41) is 3.32. The lowest BCUT2D eigenvalue weighted by molar-refractivity contribution is 0.0980. The maximum absolute atomic E-state index is 13.2. The van der Waals surface area contributed by atoms with Crippen molar-refractivity contribution in [3.05, 3.63) is 178 Å². The van der Waals surface area contributed by atoms with E-state index in [9.17, 15) is 19.2 Å². The molecule has 3 aliphatic heterocycles. The molecule has 4 aromatic carbocycles. The number of H-pyrrole nitrogens is 2. The predicted molar refractivity (Wildman–Crippen MR) is 279 cm³/mol. The molecule has 15 nitrogen and oxygen atoms in total. The van der Waals surface area contributed by atoms with E-state index in [-0.39, 0.29) is 23.1 Å². The SMILES string of the molecule is C1CCOC1.O=C1c2ccccc2C(=O)c2c1ccc1[nH]c(CCCl)nc21.O=C1c2ccccc2C(=O)c2c1ccc1[nH]c(CCN3CCN(c4ccccn4)CC3)nc21.c1ccc(N2CCNCC2)nc1. The van der Waals surface area contributed by atoms with Crippen LogP contribution in [-0.4, -0.2) is 136 Å². The Balaban J connectivity index is 0.000000130. The highest BCUT2D eigenvalue weighted by Gasteiger charge is 2.33. The molecule has 0 spiro atoms. The number of nitrogens with zero attached hydrogens (tertiary/aromatic N) is 7. The first kappa shape index (κ1) is 48.2. The van der Waals surface area contributed by atoms with Gasteiger partial charge in [-0.15, -0.1) is 11.6 Å². The molecule has 0 amide bonds. The quantitative estimate of drug-likeness (QED) is 0.134. The third kappa shape index (κ3) is 10.3. The Bertz CT molecular complexity index is 3220. The molecule has 3 saturated heterocycles. The summed E-state index contributed by atoms with van der Waals surface area (Å²) in [5.74, 6) is 3.60. The first-order chi connectivity index (χ1) is 35.4. The highest BCUT2D eigenvalue weighted by Crippen LogP contribution is 2.33. The average Bonchev–Trinajstić information content (AvgIpc) is 4.26. The second kappa shape index (κ2) is 22.3. The highest BCUT2D eigenvalue weighted by atomic mass is 35.5. The van der Waals surface area contributed by atoms with Crippen LogP contribution in [0.15, 0.2) is 122 Å². The predicted octanol–water partition coefficient (Wildman–Crippen LogP) is 7.51. The van der Waals surface area contributed by atoms with Crippen molar-refractivity contribution in [2.45, 2.75) is 25.7 Å². The number of ether oxygens (including phenoxy) is 1.